The van der Waals surface area contributed by atoms with Gasteiger partial charge in [-0.2, -0.15) is 0 Å². The van der Waals surface area contributed by atoms with Crippen molar-refractivity contribution in [3.8, 4) is 0 Å². The molecule has 2 N–H and O–H groups in total. The van der Waals surface area contributed by atoms with E-state index in [4.69, 9.17) is 0 Å². The van der Waals surface area contributed by atoms with Crippen LogP contribution in [0.1, 0.15) is 12.8 Å². The summed E-state index contributed by atoms with van der Waals surface area (Å²) in [7, 11) is 1.65. The largest absolute Gasteiger partial charge is 0.335 e. The molecule has 1 unspecified atom stereocenters. The minimum absolute atomic E-state index is 0.0234. The number of hydrogen-bond donors (Lipinski definition) is 2. The standard InChI is InChI=1S/C14H18BrN3O2/c1-18(14(20)12-7-4-8-16-12)9-13(19)17-11-6-3-2-5-10(11)15/h2-3,5-6,12,16H,4,7-9H2,1H3,(H,17,19). The summed E-state index contributed by atoms with van der Waals surface area (Å²) < 4.78 is 0.819. The second kappa shape index (κ2) is 6.85. The Labute approximate surface area is 126 Å². The molecule has 1 aromatic rings. The highest BCUT2D eigenvalue weighted by Crippen LogP contribution is 2.21. The van der Waals surface area contributed by atoms with E-state index in [1.807, 2.05) is 24.3 Å². The number of carbonyl (C=O) groups is 2. The van der Waals surface area contributed by atoms with Crippen LogP contribution in [0.15, 0.2) is 28.7 Å². The number of rotatable bonds is 4. The van der Waals surface area contributed by atoms with Crippen molar-refractivity contribution in [2.24, 2.45) is 0 Å². The van der Waals surface area contributed by atoms with Crippen LogP contribution in [0.2, 0.25) is 0 Å². The van der Waals surface area contributed by atoms with E-state index in [1.54, 1.807) is 7.05 Å². The first-order valence-electron chi connectivity index (χ1n) is 6.60. The van der Waals surface area contributed by atoms with E-state index in [0.29, 0.717) is 5.69 Å². The molecule has 2 rings (SSSR count). The van der Waals surface area contributed by atoms with Crippen LogP contribution in [0.4, 0.5) is 5.69 Å². The highest BCUT2D eigenvalue weighted by molar-refractivity contribution is 9.10. The molecular formula is C14H18BrN3O2. The predicted octanol–water partition coefficient (Wildman–Crippen LogP) is 1.60. The monoisotopic (exact) mass is 339 g/mol. The summed E-state index contributed by atoms with van der Waals surface area (Å²) in [4.78, 5) is 25.5. The van der Waals surface area contributed by atoms with Crippen molar-refractivity contribution in [3.63, 3.8) is 0 Å². The summed E-state index contributed by atoms with van der Waals surface area (Å²) in [6.07, 6.45) is 1.85. The van der Waals surface area contributed by atoms with Crippen molar-refractivity contribution in [1.82, 2.24) is 10.2 Å². The summed E-state index contributed by atoms with van der Waals surface area (Å²) in [6, 6.07) is 7.24. The first kappa shape index (κ1) is 15.0. The minimum atomic E-state index is -0.203. The summed E-state index contributed by atoms with van der Waals surface area (Å²) in [6.45, 7) is 0.922. The molecule has 1 fully saturated rings. The van der Waals surface area contributed by atoms with Crippen LogP contribution in [0.5, 0.6) is 0 Å². The quantitative estimate of drug-likeness (QED) is 0.875. The van der Waals surface area contributed by atoms with E-state index < -0.39 is 0 Å². The zero-order valence-electron chi connectivity index (χ0n) is 11.4. The van der Waals surface area contributed by atoms with Gasteiger partial charge in [-0.3, -0.25) is 9.59 Å². The van der Waals surface area contributed by atoms with Gasteiger partial charge in [0.2, 0.25) is 11.8 Å². The van der Waals surface area contributed by atoms with Gasteiger partial charge < -0.3 is 15.5 Å². The Bertz CT molecular complexity index is 501. The van der Waals surface area contributed by atoms with Gasteiger partial charge in [0.25, 0.3) is 0 Å². The third kappa shape index (κ3) is 3.80. The lowest BCUT2D eigenvalue weighted by Gasteiger charge is -2.20. The molecule has 2 amide bonds. The molecule has 108 valence electrons. The van der Waals surface area contributed by atoms with Crippen molar-refractivity contribution < 1.29 is 9.59 Å². The van der Waals surface area contributed by atoms with Gasteiger partial charge in [-0.25, -0.2) is 0 Å². The maximum absolute atomic E-state index is 12.1. The van der Waals surface area contributed by atoms with Gasteiger partial charge in [0.05, 0.1) is 18.3 Å². The molecule has 0 aromatic heterocycles. The SMILES string of the molecule is CN(CC(=O)Nc1ccccc1Br)C(=O)C1CCCN1. The first-order valence-corrected chi connectivity index (χ1v) is 7.40. The van der Waals surface area contributed by atoms with Crippen LogP contribution in [-0.4, -0.2) is 42.9 Å². The Morgan fingerprint density at radius 3 is 2.85 bits per heavy atom. The Kier molecular flexibility index (Phi) is 5.14. The van der Waals surface area contributed by atoms with E-state index in [1.165, 1.54) is 4.90 Å². The molecule has 1 aliphatic heterocycles. The summed E-state index contributed by atoms with van der Waals surface area (Å²) in [5.74, 6) is -0.226. The number of nitrogens with one attached hydrogen (secondary N) is 2. The van der Waals surface area contributed by atoms with Crippen LogP contribution in [0, 0.1) is 0 Å². The number of carbonyl (C=O) groups excluding carboxylic acids is 2. The molecule has 20 heavy (non-hydrogen) atoms. The highest BCUT2D eigenvalue weighted by Gasteiger charge is 2.25. The lowest BCUT2D eigenvalue weighted by molar-refractivity contribution is -0.134. The van der Waals surface area contributed by atoms with Crippen LogP contribution in [0.25, 0.3) is 0 Å². The third-order valence-electron chi connectivity index (χ3n) is 3.26. The van der Waals surface area contributed by atoms with Gasteiger partial charge in [0.15, 0.2) is 0 Å². The topological polar surface area (TPSA) is 61.4 Å². The number of amides is 2. The molecule has 1 heterocycles. The molecule has 1 atom stereocenters. The molecule has 5 nitrogen and oxygen atoms in total. The molecule has 6 heteroatoms. The number of halogens is 1. The van der Waals surface area contributed by atoms with Gasteiger partial charge in [-0.15, -0.1) is 0 Å². The molecule has 1 aromatic carbocycles. The summed E-state index contributed by atoms with van der Waals surface area (Å²) >= 11 is 3.37. The van der Waals surface area contributed by atoms with E-state index >= 15 is 0 Å². The van der Waals surface area contributed by atoms with Crippen LogP contribution in [-0.2, 0) is 9.59 Å². The van der Waals surface area contributed by atoms with E-state index in [0.717, 1.165) is 23.9 Å². The second-order valence-corrected chi connectivity index (χ2v) is 5.73. The predicted molar refractivity (Wildman–Crippen MR) is 81.4 cm³/mol. The van der Waals surface area contributed by atoms with Gasteiger partial charge in [-0.05, 0) is 47.4 Å². The molecule has 1 aliphatic rings. The minimum Gasteiger partial charge on any atom is -0.335 e. The lowest BCUT2D eigenvalue weighted by Crippen LogP contribution is -2.44. The molecule has 0 radical (unpaired) electrons. The zero-order valence-corrected chi connectivity index (χ0v) is 12.9. The second-order valence-electron chi connectivity index (χ2n) is 4.87. The van der Waals surface area contributed by atoms with Crippen molar-refractivity contribution in [3.05, 3.63) is 28.7 Å². The zero-order chi connectivity index (χ0) is 14.5. The number of para-hydroxylation sites is 1. The fourth-order valence-electron chi connectivity index (χ4n) is 2.21. The van der Waals surface area contributed by atoms with Gasteiger partial charge >= 0.3 is 0 Å². The van der Waals surface area contributed by atoms with E-state index in [9.17, 15) is 9.59 Å². The smallest absolute Gasteiger partial charge is 0.244 e. The molecule has 0 aliphatic carbocycles. The average Bonchev–Trinajstić information content (AvgIpc) is 2.94. The van der Waals surface area contributed by atoms with Crippen LogP contribution in [0.3, 0.4) is 0 Å². The van der Waals surface area contributed by atoms with Gasteiger partial charge in [0, 0.05) is 11.5 Å². The van der Waals surface area contributed by atoms with Crippen LogP contribution >= 0.6 is 15.9 Å². The molecular weight excluding hydrogens is 322 g/mol. The third-order valence-corrected chi connectivity index (χ3v) is 3.95. The highest BCUT2D eigenvalue weighted by atomic mass is 79.9. The van der Waals surface area contributed by atoms with E-state index in [-0.39, 0.29) is 24.4 Å². The van der Waals surface area contributed by atoms with E-state index in [2.05, 4.69) is 26.6 Å². The maximum atomic E-state index is 12.1. The van der Waals surface area contributed by atoms with Crippen molar-refractivity contribution >= 4 is 33.4 Å². The average molecular weight is 340 g/mol. The summed E-state index contributed by atoms with van der Waals surface area (Å²) in [5, 5.41) is 5.93. The van der Waals surface area contributed by atoms with Crippen molar-refractivity contribution in [2.45, 2.75) is 18.9 Å². The van der Waals surface area contributed by atoms with Crippen LogP contribution < -0.4 is 10.6 Å². The Balaban J connectivity index is 1.87. The van der Waals surface area contributed by atoms with Crippen molar-refractivity contribution in [1.29, 1.82) is 0 Å². The number of anilines is 1. The first-order chi connectivity index (χ1) is 9.58. The Morgan fingerprint density at radius 1 is 1.45 bits per heavy atom. The van der Waals surface area contributed by atoms with Gasteiger partial charge in [-0.1, -0.05) is 12.1 Å². The van der Waals surface area contributed by atoms with Gasteiger partial charge in [0.1, 0.15) is 0 Å². The Morgan fingerprint density at radius 2 is 2.20 bits per heavy atom. The van der Waals surface area contributed by atoms with Crippen molar-refractivity contribution in [2.75, 3.05) is 25.5 Å². The normalized spacial score (nSPS) is 17.8. The molecule has 0 bridgehead atoms. The molecule has 0 saturated carbocycles. The molecule has 1 saturated heterocycles. The lowest BCUT2D eigenvalue weighted by atomic mass is 10.2. The Hall–Kier alpha value is -1.40. The number of hydrogen-bond acceptors (Lipinski definition) is 3. The number of nitrogens with zero attached hydrogens (tertiary/aromatic N) is 1. The maximum Gasteiger partial charge on any atom is 0.244 e. The fraction of sp³-hybridized carbons (Fsp3) is 0.429. The summed E-state index contributed by atoms with van der Waals surface area (Å²) in [5.41, 5.74) is 0.706. The number of likely N-dealkylation sites (N-methyl/N-ethyl adjacent to an activating group) is 1. The fourth-order valence-corrected chi connectivity index (χ4v) is 2.59. The number of benzene rings is 1. The molecule has 0 spiro atoms.